The molecule has 4 heteroatoms. The summed E-state index contributed by atoms with van der Waals surface area (Å²) in [6, 6.07) is 0. The summed E-state index contributed by atoms with van der Waals surface area (Å²) in [5.41, 5.74) is 2.07. The van der Waals surface area contributed by atoms with Gasteiger partial charge in [-0.1, -0.05) is 41.4 Å². The van der Waals surface area contributed by atoms with Gasteiger partial charge in [-0.15, -0.1) is 0 Å². The molecule has 2 nitrogen and oxygen atoms in total. The maximum absolute atomic E-state index is 6.20. The molecule has 0 aromatic carbocycles. The Labute approximate surface area is 111 Å². The molecule has 0 saturated heterocycles. The zero-order valence-electron chi connectivity index (χ0n) is 10.4. The largest absolute Gasteiger partial charge is 0.271 e. The van der Waals surface area contributed by atoms with Gasteiger partial charge in [-0.2, -0.15) is 5.10 Å². The van der Waals surface area contributed by atoms with Crippen molar-refractivity contribution in [2.24, 2.45) is 13.0 Å². The van der Waals surface area contributed by atoms with Crippen LogP contribution < -0.4 is 0 Å². The minimum absolute atomic E-state index is 0.568. The van der Waals surface area contributed by atoms with E-state index in [1.165, 1.54) is 6.42 Å². The monoisotopic (exact) mass is 306 g/mol. The molecule has 0 aliphatic carbocycles. The van der Waals surface area contributed by atoms with Crippen molar-refractivity contribution >= 4 is 27.5 Å². The Bertz CT molecular complexity index is 347. The Balaban J connectivity index is 2.54. The molecule has 0 saturated carbocycles. The number of halogens is 2. The lowest BCUT2D eigenvalue weighted by atomic mass is 10.0. The van der Waals surface area contributed by atoms with Crippen LogP contribution in [0, 0.1) is 12.8 Å². The number of rotatable bonds is 5. The Kier molecular flexibility index (Phi) is 5.32. The van der Waals surface area contributed by atoms with E-state index >= 15 is 0 Å². The van der Waals surface area contributed by atoms with Crippen LogP contribution in [0.2, 0.25) is 5.02 Å². The summed E-state index contributed by atoms with van der Waals surface area (Å²) >= 11 is 9.92. The van der Waals surface area contributed by atoms with E-state index in [9.17, 15) is 0 Å². The van der Waals surface area contributed by atoms with E-state index in [1.807, 2.05) is 18.7 Å². The minimum atomic E-state index is 0.568. The summed E-state index contributed by atoms with van der Waals surface area (Å²) in [6.07, 6.45) is 3.30. The quantitative estimate of drug-likeness (QED) is 0.748. The topological polar surface area (TPSA) is 17.8 Å². The Morgan fingerprint density at radius 3 is 2.50 bits per heavy atom. The average Bonchev–Trinajstić information content (AvgIpc) is 2.38. The minimum Gasteiger partial charge on any atom is -0.271 e. The van der Waals surface area contributed by atoms with Crippen molar-refractivity contribution in [1.29, 1.82) is 0 Å². The normalized spacial score (nSPS) is 13.4. The van der Waals surface area contributed by atoms with Crippen molar-refractivity contribution in [1.82, 2.24) is 9.78 Å². The second-order valence-corrected chi connectivity index (χ2v) is 6.41. The van der Waals surface area contributed by atoms with Crippen LogP contribution in [0.15, 0.2) is 0 Å². The number of hydrogen-bond donors (Lipinski definition) is 0. The van der Waals surface area contributed by atoms with Crippen molar-refractivity contribution in [2.45, 2.75) is 44.9 Å². The summed E-state index contributed by atoms with van der Waals surface area (Å²) in [5.74, 6) is 0.730. The van der Waals surface area contributed by atoms with E-state index < -0.39 is 0 Å². The number of aromatic nitrogens is 2. The average molecular weight is 308 g/mol. The van der Waals surface area contributed by atoms with E-state index in [0.29, 0.717) is 4.83 Å². The number of hydrogen-bond acceptors (Lipinski definition) is 1. The van der Waals surface area contributed by atoms with Gasteiger partial charge in [0.05, 0.1) is 16.4 Å². The Morgan fingerprint density at radius 1 is 1.44 bits per heavy atom. The number of nitrogens with zero attached hydrogens (tertiary/aromatic N) is 2. The molecule has 0 bridgehead atoms. The van der Waals surface area contributed by atoms with Gasteiger partial charge in [0.15, 0.2) is 0 Å². The molecule has 1 atom stereocenters. The second kappa shape index (κ2) is 6.06. The van der Waals surface area contributed by atoms with Crippen LogP contribution in [0.25, 0.3) is 0 Å². The summed E-state index contributed by atoms with van der Waals surface area (Å²) in [7, 11) is 1.96. The molecule has 0 radical (unpaired) electrons. The van der Waals surface area contributed by atoms with Crippen LogP contribution >= 0.6 is 27.5 Å². The van der Waals surface area contributed by atoms with E-state index in [2.05, 4.69) is 34.9 Å². The van der Waals surface area contributed by atoms with Gasteiger partial charge in [0.1, 0.15) is 0 Å². The molecule has 0 spiro atoms. The van der Waals surface area contributed by atoms with Crippen LogP contribution in [0.4, 0.5) is 0 Å². The van der Waals surface area contributed by atoms with Crippen LogP contribution in [-0.2, 0) is 13.5 Å². The molecule has 0 aliphatic rings. The van der Waals surface area contributed by atoms with E-state index in [4.69, 9.17) is 11.6 Å². The van der Waals surface area contributed by atoms with Crippen molar-refractivity contribution in [3.05, 3.63) is 16.4 Å². The van der Waals surface area contributed by atoms with Gasteiger partial charge in [0.2, 0.25) is 0 Å². The highest BCUT2D eigenvalue weighted by Crippen LogP contribution is 2.24. The zero-order chi connectivity index (χ0) is 12.3. The summed E-state index contributed by atoms with van der Waals surface area (Å²) in [6.45, 7) is 6.44. The van der Waals surface area contributed by atoms with Crippen molar-refractivity contribution in [3.8, 4) is 0 Å². The molecule has 1 aromatic heterocycles. The van der Waals surface area contributed by atoms with Gasteiger partial charge in [-0.05, 0) is 32.1 Å². The molecule has 0 amide bonds. The molecular formula is C12H20BrClN2. The van der Waals surface area contributed by atoms with Crippen molar-refractivity contribution in [2.75, 3.05) is 0 Å². The molecule has 0 fully saturated rings. The van der Waals surface area contributed by atoms with E-state index in [0.717, 1.165) is 35.2 Å². The lowest BCUT2D eigenvalue weighted by Crippen LogP contribution is -2.07. The number of alkyl halides is 1. The third-order valence-electron chi connectivity index (χ3n) is 2.68. The van der Waals surface area contributed by atoms with Crippen molar-refractivity contribution < 1.29 is 0 Å². The molecule has 1 aromatic rings. The fraction of sp³-hybridized carbons (Fsp3) is 0.750. The van der Waals surface area contributed by atoms with Gasteiger partial charge in [0, 0.05) is 11.9 Å². The lowest BCUT2D eigenvalue weighted by molar-refractivity contribution is 0.548. The molecular weight excluding hydrogens is 288 g/mol. The van der Waals surface area contributed by atoms with Crippen LogP contribution in [0.5, 0.6) is 0 Å². The highest BCUT2D eigenvalue weighted by Gasteiger charge is 2.13. The standard InChI is InChI=1S/C12H20BrClN2/c1-8(2)7-10(13)5-6-11-12(14)9(3)15-16(11)4/h8,10H,5-7H2,1-4H3. The fourth-order valence-electron chi connectivity index (χ4n) is 1.87. The van der Waals surface area contributed by atoms with Crippen LogP contribution in [-0.4, -0.2) is 14.6 Å². The molecule has 1 rings (SSSR count). The Morgan fingerprint density at radius 2 is 2.06 bits per heavy atom. The third-order valence-corrected chi connectivity index (χ3v) is 4.01. The lowest BCUT2D eigenvalue weighted by Gasteiger charge is -2.12. The summed E-state index contributed by atoms with van der Waals surface area (Å²) in [4.78, 5) is 0.568. The molecule has 0 aliphatic heterocycles. The van der Waals surface area contributed by atoms with Gasteiger partial charge in [-0.3, -0.25) is 4.68 Å². The second-order valence-electron chi connectivity index (χ2n) is 4.74. The van der Waals surface area contributed by atoms with E-state index in [-0.39, 0.29) is 0 Å². The summed E-state index contributed by atoms with van der Waals surface area (Å²) in [5, 5.41) is 5.14. The van der Waals surface area contributed by atoms with Crippen LogP contribution in [0.1, 0.15) is 38.1 Å². The molecule has 0 N–H and O–H groups in total. The first-order chi connectivity index (χ1) is 7.41. The fourth-order valence-corrected chi connectivity index (χ4v) is 3.11. The molecule has 16 heavy (non-hydrogen) atoms. The summed E-state index contributed by atoms with van der Waals surface area (Å²) < 4.78 is 1.90. The predicted octanol–water partition coefficient (Wildman–Crippen LogP) is 4.12. The highest BCUT2D eigenvalue weighted by atomic mass is 79.9. The molecule has 1 unspecified atom stereocenters. The van der Waals surface area contributed by atoms with E-state index in [1.54, 1.807) is 0 Å². The van der Waals surface area contributed by atoms with Gasteiger partial charge >= 0.3 is 0 Å². The first kappa shape index (κ1) is 14.0. The predicted molar refractivity (Wildman–Crippen MR) is 73.4 cm³/mol. The van der Waals surface area contributed by atoms with Crippen LogP contribution in [0.3, 0.4) is 0 Å². The van der Waals surface area contributed by atoms with Gasteiger partial charge < -0.3 is 0 Å². The van der Waals surface area contributed by atoms with Crippen molar-refractivity contribution in [3.63, 3.8) is 0 Å². The smallest absolute Gasteiger partial charge is 0.0846 e. The SMILES string of the molecule is Cc1nn(C)c(CCC(Br)CC(C)C)c1Cl. The molecule has 1 heterocycles. The Hall–Kier alpha value is -0.0200. The maximum Gasteiger partial charge on any atom is 0.0846 e. The maximum atomic E-state index is 6.20. The van der Waals surface area contributed by atoms with Gasteiger partial charge in [-0.25, -0.2) is 0 Å². The highest BCUT2D eigenvalue weighted by molar-refractivity contribution is 9.09. The first-order valence-corrected chi connectivity index (χ1v) is 7.03. The number of aryl methyl sites for hydroxylation is 2. The first-order valence-electron chi connectivity index (χ1n) is 5.73. The molecule has 92 valence electrons. The van der Waals surface area contributed by atoms with Gasteiger partial charge in [0.25, 0.3) is 0 Å². The zero-order valence-corrected chi connectivity index (χ0v) is 12.8. The third kappa shape index (κ3) is 3.77.